The van der Waals surface area contributed by atoms with E-state index < -0.39 is 12.0 Å². The molecule has 0 aliphatic carbocycles. The van der Waals surface area contributed by atoms with Gasteiger partial charge in [-0.3, -0.25) is 4.79 Å². The Hall–Kier alpha value is -1.91. The van der Waals surface area contributed by atoms with Gasteiger partial charge in [0.2, 0.25) is 5.91 Å². The topological polar surface area (TPSA) is 66.4 Å². The van der Waals surface area contributed by atoms with Gasteiger partial charge in [-0.05, 0) is 23.5 Å². The van der Waals surface area contributed by atoms with Crippen LogP contribution in [0.4, 0.5) is 4.39 Å². The van der Waals surface area contributed by atoms with Crippen LogP contribution in [0.1, 0.15) is 38.7 Å². The lowest BCUT2D eigenvalue weighted by atomic mass is 9.96. The van der Waals surface area contributed by atoms with Crippen molar-refractivity contribution in [3.05, 3.63) is 35.6 Å². The third-order valence-corrected chi connectivity index (χ3v) is 3.18. The molecule has 110 valence electrons. The molecule has 0 fully saturated rings. The Bertz CT molecular complexity index is 488. The van der Waals surface area contributed by atoms with Gasteiger partial charge in [-0.15, -0.1) is 0 Å². The lowest BCUT2D eigenvalue weighted by Crippen LogP contribution is -2.44. The standard InChI is InChI=1S/C15H20FNO3/c1-9(2)14(15(19)20)17-13(18)8-10(3)11-6-4-5-7-12(11)16/h4-7,9-10,14H,8H2,1-3H3,(H,17,18)(H,19,20)/t10?,14-/m0/s1. The summed E-state index contributed by atoms with van der Waals surface area (Å²) in [7, 11) is 0. The molecule has 20 heavy (non-hydrogen) atoms. The smallest absolute Gasteiger partial charge is 0.326 e. The second kappa shape index (κ2) is 7.03. The molecule has 5 heteroatoms. The summed E-state index contributed by atoms with van der Waals surface area (Å²) in [5, 5.41) is 11.5. The molecule has 0 aliphatic rings. The maximum absolute atomic E-state index is 13.6. The second-order valence-corrected chi connectivity index (χ2v) is 5.25. The van der Waals surface area contributed by atoms with E-state index in [9.17, 15) is 14.0 Å². The number of carbonyl (C=O) groups is 2. The first-order valence-corrected chi connectivity index (χ1v) is 6.59. The number of nitrogens with one attached hydrogen (secondary N) is 1. The van der Waals surface area contributed by atoms with Crippen LogP contribution in [0.2, 0.25) is 0 Å². The molecule has 1 rings (SSSR count). The van der Waals surface area contributed by atoms with E-state index in [1.54, 1.807) is 39.0 Å². The van der Waals surface area contributed by atoms with Crippen molar-refractivity contribution in [1.82, 2.24) is 5.32 Å². The Labute approximate surface area is 118 Å². The average Bonchev–Trinajstić information content (AvgIpc) is 2.35. The molecule has 0 saturated carbocycles. The van der Waals surface area contributed by atoms with Gasteiger partial charge in [-0.2, -0.15) is 0 Å². The molecule has 0 saturated heterocycles. The summed E-state index contributed by atoms with van der Waals surface area (Å²) in [6.45, 7) is 5.18. The fourth-order valence-electron chi connectivity index (χ4n) is 2.01. The third-order valence-electron chi connectivity index (χ3n) is 3.18. The molecule has 0 spiro atoms. The first-order chi connectivity index (χ1) is 9.32. The second-order valence-electron chi connectivity index (χ2n) is 5.25. The van der Waals surface area contributed by atoms with Gasteiger partial charge in [-0.1, -0.05) is 39.0 Å². The molecule has 0 aromatic heterocycles. The summed E-state index contributed by atoms with van der Waals surface area (Å²) in [6.07, 6.45) is 0.0530. The Balaban J connectivity index is 2.67. The van der Waals surface area contributed by atoms with Crippen molar-refractivity contribution in [2.24, 2.45) is 5.92 Å². The van der Waals surface area contributed by atoms with Crippen molar-refractivity contribution in [2.75, 3.05) is 0 Å². The first kappa shape index (κ1) is 16.1. The van der Waals surface area contributed by atoms with Crippen LogP contribution < -0.4 is 5.32 Å². The van der Waals surface area contributed by atoms with E-state index >= 15 is 0 Å². The zero-order valence-corrected chi connectivity index (χ0v) is 11.9. The van der Waals surface area contributed by atoms with Crippen molar-refractivity contribution < 1.29 is 19.1 Å². The maximum Gasteiger partial charge on any atom is 0.326 e. The quantitative estimate of drug-likeness (QED) is 0.842. The normalized spacial score (nSPS) is 13.8. The zero-order valence-electron chi connectivity index (χ0n) is 11.9. The highest BCUT2D eigenvalue weighted by Gasteiger charge is 2.24. The van der Waals surface area contributed by atoms with Crippen LogP contribution in [0.25, 0.3) is 0 Å². The van der Waals surface area contributed by atoms with Crippen LogP contribution in [-0.4, -0.2) is 23.0 Å². The lowest BCUT2D eigenvalue weighted by molar-refractivity contribution is -0.143. The number of carboxylic acid groups (broad SMARTS) is 1. The molecule has 0 aliphatic heterocycles. The molecule has 1 aromatic carbocycles. The van der Waals surface area contributed by atoms with E-state index in [4.69, 9.17) is 5.11 Å². The molecule has 0 radical (unpaired) electrons. The molecule has 0 bridgehead atoms. The number of rotatable bonds is 6. The minimum absolute atomic E-state index is 0.0530. The number of amides is 1. The summed E-state index contributed by atoms with van der Waals surface area (Å²) in [5.74, 6) is -2.32. The molecule has 1 amide bonds. The molecule has 2 atom stereocenters. The summed E-state index contributed by atoms with van der Waals surface area (Å²) in [5.41, 5.74) is 0.457. The zero-order chi connectivity index (χ0) is 15.3. The van der Waals surface area contributed by atoms with E-state index in [0.717, 1.165) is 0 Å². The minimum Gasteiger partial charge on any atom is -0.480 e. The van der Waals surface area contributed by atoms with Gasteiger partial charge >= 0.3 is 5.97 Å². The summed E-state index contributed by atoms with van der Waals surface area (Å²) < 4.78 is 13.6. The van der Waals surface area contributed by atoms with E-state index in [1.165, 1.54) is 6.07 Å². The van der Waals surface area contributed by atoms with Crippen molar-refractivity contribution >= 4 is 11.9 Å². The van der Waals surface area contributed by atoms with E-state index in [2.05, 4.69) is 5.32 Å². The van der Waals surface area contributed by atoms with Crippen molar-refractivity contribution in [2.45, 2.75) is 39.2 Å². The highest BCUT2D eigenvalue weighted by Crippen LogP contribution is 2.21. The van der Waals surface area contributed by atoms with E-state index in [-0.39, 0.29) is 30.0 Å². The average molecular weight is 281 g/mol. The number of aliphatic carboxylic acids is 1. The molecule has 2 N–H and O–H groups in total. The third kappa shape index (κ3) is 4.33. The van der Waals surface area contributed by atoms with Gasteiger partial charge in [0.25, 0.3) is 0 Å². The fraction of sp³-hybridized carbons (Fsp3) is 0.467. The molecule has 0 heterocycles. The SMILES string of the molecule is CC(CC(=O)N[C@H](C(=O)O)C(C)C)c1ccccc1F. The minimum atomic E-state index is -1.06. The number of halogens is 1. The molecule has 4 nitrogen and oxygen atoms in total. The van der Waals surface area contributed by atoms with Gasteiger partial charge in [0.05, 0.1) is 0 Å². The predicted octanol–water partition coefficient (Wildman–Crippen LogP) is 2.54. The van der Waals surface area contributed by atoms with Crippen LogP contribution in [0.5, 0.6) is 0 Å². The Morgan fingerprint density at radius 2 is 1.85 bits per heavy atom. The van der Waals surface area contributed by atoms with Gasteiger partial charge in [0.1, 0.15) is 11.9 Å². The van der Waals surface area contributed by atoms with Crippen LogP contribution >= 0.6 is 0 Å². The Morgan fingerprint density at radius 1 is 1.25 bits per heavy atom. The number of carboxylic acids is 1. The summed E-state index contributed by atoms with van der Waals surface area (Å²) >= 11 is 0. The van der Waals surface area contributed by atoms with E-state index in [0.29, 0.717) is 5.56 Å². The Morgan fingerprint density at radius 3 is 2.35 bits per heavy atom. The molecular weight excluding hydrogens is 261 g/mol. The van der Waals surface area contributed by atoms with Gasteiger partial charge in [0.15, 0.2) is 0 Å². The molecule has 1 unspecified atom stereocenters. The largest absolute Gasteiger partial charge is 0.480 e. The fourth-order valence-corrected chi connectivity index (χ4v) is 2.01. The molecule has 1 aromatic rings. The number of hydrogen-bond donors (Lipinski definition) is 2. The highest BCUT2D eigenvalue weighted by atomic mass is 19.1. The van der Waals surface area contributed by atoms with Gasteiger partial charge in [-0.25, -0.2) is 9.18 Å². The number of carbonyl (C=O) groups excluding carboxylic acids is 1. The number of benzene rings is 1. The number of hydrogen-bond acceptors (Lipinski definition) is 2. The van der Waals surface area contributed by atoms with Gasteiger partial charge in [0, 0.05) is 6.42 Å². The lowest BCUT2D eigenvalue weighted by Gasteiger charge is -2.19. The van der Waals surface area contributed by atoms with Crippen molar-refractivity contribution in [3.8, 4) is 0 Å². The summed E-state index contributed by atoms with van der Waals surface area (Å²) in [4.78, 5) is 22.9. The van der Waals surface area contributed by atoms with Crippen molar-refractivity contribution in [1.29, 1.82) is 0 Å². The van der Waals surface area contributed by atoms with E-state index in [1.807, 2.05) is 0 Å². The van der Waals surface area contributed by atoms with Gasteiger partial charge < -0.3 is 10.4 Å². The van der Waals surface area contributed by atoms with Crippen LogP contribution in [0.15, 0.2) is 24.3 Å². The first-order valence-electron chi connectivity index (χ1n) is 6.59. The highest BCUT2D eigenvalue weighted by molar-refractivity contribution is 5.84. The van der Waals surface area contributed by atoms with Crippen LogP contribution in [0.3, 0.4) is 0 Å². The monoisotopic (exact) mass is 281 g/mol. The van der Waals surface area contributed by atoms with Crippen LogP contribution in [-0.2, 0) is 9.59 Å². The Kier molecular flexibility index (Phi) is 5.67. The predicted molar refractivity (Wildman–Crippen MR) is 73.8 cm³/mol. The maximum atomic E-state index is 13.6. The van der Waals surface area contributed by atoms with Crippen LogP contribution in [0, 0.1) is 11.7 Å². The summed E-state index contributed by atoms with van der Waals surface area (Å²) in [6, 6.07) is 5.35. The van der Waals surface area contributed by atoms with Crippen molar-refractivity contribution in [3.63, 3.8) is 0 Å². The molecular formula is C15H20FNO3.